The van der Waals surface area contributed by atoms with E-state index in [1.54, 1.807) is 20.3 Å². The fourth-order valence-corrected chi connectivity index (χ4v) is 6.02. The first-order valence-electron chi connectivity index (χ1n) is 14.9. The predicted octanol–water partition coefficient (Wildman–Crippen LogP) is 4.80. The second kappa shape index (κ2) is 14.0. The highest BCUT2D eigenvalue weighted by atomic mass is 19.1. The Bertz CT molecular complexity index is 1340. The average Bonchev–Trinajstić information content (AvgIpc) is 3.03. The van der Waals surface area contributed by atoms with Crippen molar-refractivity contribution in [3.05, 3.63) is 72.0 Å². The number of carbonyl (C=O) groups is 1. The minimum atomic E-state index is -0.220. The maximum atomic E-state index is 14.6. The molecule has 2 aliphatic heterocycles. The maximum absolute atomic E-state index is 14.6. The zero-order chi connectivity index (χ0) is 29.5. The lowest BCUT2D eigenvalue weighted by Gasteiger charge is -2.39. The lowest BCUT2D eigenvalue weighted by molar-refractivity contribution is 0.0564. The summed E-state index contributed by atoms with van der Waals surface area (Å²) < 4.78 is 25.5. The van der Waals surface area contributed by atoms with E-state index >= 15 is 0 Å². The number of hydrogen-bond donors (Lipinski definition) is 0. The van der Waals surface area contributed by atoms with E-state index in [1.807, 2.05) is 53.4 Å². The summed E-state index contributed by atoms with van der Waals surface area (Å²) in [5, 5.41) is 0. The number of para-hydroxylation sites is 2. The van der Waals surface area contributed by atoms with Crippen molar-refractivity contribution in [2.75, 3.05) is 83.5 Å². The molecule has 3 aromatic rings. The van der Waals surface area contributed by atoms with E-state index in [1.165, 1.54) is 6.07 Å². The minimum Gasteiger partial charge on any atom is -0.496 e. The Labute approximate surface area is 248 Å². The standard InChI is InChI=1S/C33H42FN5O3/c1-36-18-15-25(16-19-36)39(17-8-24-41-2)33(40)27-13-14-29(26-9-4-7-12-31(26)42-3)35-32(27)38-22-20-37(21-23-38)30-11-6-5-10-28(30)34/h4-7,9-14,25H,8,15-24H2,1-3H3. The zero-order valence-corrected chi connectivity index (χ0v) is 25.0. The molecule has 9 heteroatoms. The van der Waals surface area contributed by atoms with Gasteiger partial charge in [0.25, 0.3) is 5.91 Å². The van der Waals surface area contributed by atoms with E-state index in [0.29, 0.717) is 56.4 Å². The van der Waals surface area contributed by atoms with Gasteiger partial charge in [-0.2, -0.15) is 0 Å². The fourth-order valence-electron chi connectivity index (χ4n) is 6.02. The number of hydrogen-bond acceptors (Lipinski definition) is 7. The van der Waals surface area contributed by atoms with Crippen LogP contribution in [-0.2, 0) is 4.74 Å². The van der Waals surface area contributed by atoms with E-state index in [0.717, 1.165) is 49.4 Å². The summed E-state index contributed by atoms with van der Waals surface area (Å²) in [6.45, 7) is 5.66. The summed E-state index contributed by atoms with van der Waals surface area (Å²) in [7, 11) is 5.48. The lowest BCUT2D eigenvalue weighted by atomic mass is 10.0. The number of nitrogens with zero attached hydrogens (tertiary/aromatic N) is 5. The first kappa shape index (κ1) is 29.8. The van der Waals surface area contributed by atoms with E-state index in [4.69, 9.17) is 14.5 Å². The molecule has 2 fully saturated rings. The molecule has 8 nitrogen and oxygen atoms in total. The molecule has 0 radical (unpaired) electrons. The number of pyridine rings is 1. The summed E-state index contributed by atoms with van der Waals surface area (Å²) in [6.07, 6.45) is 2.66. The smallest absolute Gasteiger partial charge is 0.257 e. The topological polar surface area (TPSA) is 61.4 Å². The van der Waals surface area contributed by atoms with Crippen molar-refractivity contribution < 1.29 is 18.7 Å². The van der Waals surface area contributed by atoms with Gasteiger partial charge in [0.05, 0.1) is 24.1 Å². The number of halogens is 1. The molecule has 0 N–H and O–H groups in total. The molecule has 1 aromatic heterocycles. The Morgan fingerprint density at radius 3 is 2.33 bits per heavy atom. The summed E-state index contributed by atoms with van der Waals surface area (Å²) in [4.78, 5) is 28.1. The number of carbonyl (C=O) groups excluding carboxylic acids is 1. The molecular weight excluding hydrogens is 533 g/mol. The maximum Gasteiger partial charge on any atom is 0.257 e. The summed E-state index contributed by atoms with van der Waals surface area (Å²) in [5.41, 5.74) is 2.83. The summed E-state index contributed by atoms with van der Waals surface area (Å²) >= 11 is 0. The normalized spacial score (nSPS) is 16.5. The van der Waals surface area contributed by atoms with Gasteiger partial charge in [0.2, 0.25) is 0 Å². The Kier molecular flexibility index (Phi) is 9.92. The van der Waals surface area contributed by atoms with Crippen LogP contribution < -0.4 is 14.5 Å². The van der Waals surface area contributed by atoms with Crippen molar-refractivity contribution in [2.24, 2.45) is 0 Å². The van der Waals surface area contributed by atoms with E-state index in [-0.39, 0.29) is 17.8 Å². The van der Waals surface area contributed by atoms with Crippen molar-refractivity contribution in [1.29, 1.82) is 0 Å². The first-order valence-corrected chi connectivity index (χ1v) is 14.9. The van der Waals surface area contributed by atoms with Crippen LogP contribution in [0.2, 0.25) is 0 Å². The number of aromatic nitrogens is 1. The molecule has 0 unspecified atom stereocenters. The fraction of sp³-hybridized carbons (Fsp3) is 0.455. The Morgan fingerprint density at radius 1 is 0.929 bits per heavy atom. The van der Waals surface area contributed by atoms with Crippen LogP contribution >= 0.6 is 0 Å². The van der Waals surface area contributed by atoms with Gasteiger partial charge in [0, 0.05) is 58.0 Å². The Hall–Kier alpha value is -3.69. The number of methoxy groups -OCH3 is 2. The van der Waals surface area contributed by atoms with Crippen molar-refractivity contribution in [2.45, 2.75) is 25.3 Å². The van der Waals surface area contributed by atoms with Gasteiger partial charge in [-0.25, -0.2) is 9.37 Å². The summed E-state index contributed by atoms with van der Waals surface area (Å²) in [5.74, 6) is 1.18. The van der Waals surface area contributed by atoms with Crippen molar-refractivity contribution in [1.82, 2.24) is 14.8 Å². The molecule has 0 aliphatic carbocycles. The zero-order valence-electron chi connectivity index (χ0n) is 25.0. The molecule has 5 rings (SSSR count). The number of benzene rings is 2. The van der Waals surface area contributed by atoms with Crippen LogP contribution in [0.15, 0.2) is 60.7 Å². The molecule has 42 heavy (non-hydrogen) atoms. The SMILES string of the molecule is COCCCN(C(=O)c1ccc(-c2ccccc2OC)nc1N1CCN(c2ccccc2F)CC1)C1CCN(C)CC1. The molecule has 0 atom stereocenters. The van der Waals surface area contributed by atoms with Gasteiger partial charge in [-0.3, -0.25) is 4.79 Å². The third kappa shape index (κ3) is 6.68. The molecule has 2 saturated heterocycles. The van der Waals surface area contributed by atoms with Crippen molar-refractivity contribution in [3.8, 4) is 17.0 Å². The van der Waals surface area contributed by atoms with Crippen LogP contribution in [0.3, 0.4) is 0 Å². The van der Waals surface area contributed by atoms with Crippen molar-refractivity contribution >= 4 is 17.4 Å². The van der Waals surface area contributed by atoms with Gasteiger partial charge < -0.3 is 29.1 Å². The van der Waals surface area contributed by atoms with Crippen LogP contribution in [0.1, 0.15) is 29.6 Å². The third-order valence-electron chi connectivity index (χ3n) is 8.40. The van der Waals surface area contributed by atoms with Crippen LogP contribution in [0, 0.1) is 5.82 Å². The quantitative estimate of drug-likeness (QED) is 0.322. The number of amides is 1. The van der Waals surface area contributed by atoms with Gasteiger partial charge in [-0.1, -0.05) is 24.3 Å². The number of piperidine rings is 1. The Morgan fingerprint density at radius 2 is 1.62 bits per heavy atom. The van der Waals surface area contributed by atoms with Gasteiger partial charge in [-0.15, -0.1) is 0 Å². The number of likely N-dealkylation sites (tertiary alicyclic amines) is 1. The van der Waals surface area contributed by atoms with Crippen LogP contribution in [0.25, 0.3) is 11.3 Å². The van der Waals surface area contributed by atoms with Gasteiger partial charge in [-0.05, 0) is 75.8 Å². The number of piperazine rings is 1. The predicted molar refractivity (Wildman–Crippen MR) is 165 cm³/mol. The number of anilines is 2. The van der Waals surface area contributed by atoms with Gasteiger partial charge >= 0.3 is 0 Å². The molecule has 0 saturated carbocycles. The molecule has 2 aromatic carbocycles. The Balaban J connectivity index is 1.48. The molecule has 1 amide bonds. The number of rotatable bonds is 10. The van der Waals surface area contributed by atoms with Crippen molar-refractivity contribution in [3.63, 3.8) is 0 Å². The van der Waals surface area contributed by atoms with E-state index < -0.39 is 0 Å². The largest absolute Gasteiger partial charge is 0.496 e. The lowest BCUT2D eigenvalue weighted by Crippen LogP contribution is -2.49. The highest BCUT2D eigenvalue weighted by Crippen LogP contribution is 2.33. The average molecular weight is 576 g/mol. The molecule has 2 aliphatic rings. The monoisotopic (exact) mass is 575 g/mol. The minimum absolute atomic E-state index is 0.00580. The van der Waals surface area contributed by atoms with Crippen LogP contribution in [-0.4, -0.2) is 100 Å². The van der Waals surface area contributed by atoms with E-state index in [2.05, 4.69) is 21.7 Å². The molecule has 0 spiro atoms. The first-order chi connectivity index (χ1) is 20.5. The molecule has 0 bridgehead atoms. The van der Waals surface area contributed by atoms with Crippen LogP contribution in [0.4, 0.5) is 15.9 Å². The molecule has 224 valence electrons. The van der Waals surface area contributed by atoms with Gasteiger partial charge in [0.15, 0.2) is 0 Å². The second-order valence-electron chi connectivity index (χ2n) is 11.1. The highest BCUT2D eigenvalue weighted by Gasteiger charge is 2.31. The van der Waals surface area contributed by atoms with Crippen LogP contribution in [0.5, 0.6) is 5.75 Å². The van der Waals surface area contributed by atoms with Gasteiger partial charge in [0.1, 0.15) is 17.4 Å². The third-order valence-corrected chi connectivity index (χ3v) is 8.40. The summed E-state index contributed by atoms with van der Waals surface area (Å²) in [6, 6.07) is 18.7. The molecular formula is C33H42FN5O3. The molecule has 3 heterocycles. The second-order valence-corrected chi connectivity index (χ2v) is 11.1. The van der Waals surface area contributed by atoms with E-state index in [9.17, 15) is 9.18 Å². The highest BCUT2D eigenvalue weighted by molar-refractivity contribution is 5.99. The number of ether oxygens (including phenoxy) is 2.